The molecule has 2 N–H and O–H groups in total. The first-order valence-electron chi connectivity index (χ1n) is 15.2. The number of nitrogens with two attached hydrogens (primary N) is 1. The molecule has 2 saturated heterocycles. The average Bonchev–Trinajstić information content (AvgIpc) is 3.47. The number of anilines is 1. The van der Waals surface area contributed by atoms with Crippen LogP contribution in [0.1, 0.15) is 32.7 Å². The zero-order valence-corrected chi connectivity index (χ0v) is 25.9. The van der Waals surface area contributed by atoms with Gasteiger partial charge in [-0.2, -0.15) is 14.8 Å². The summed E-state index contributed by atoms with van der Waals surface area (Å²) >= 11 is 0. The van der Waals surface area contributed by atoms with E-state index in [0.717, 1.165) is 12.1 Å². The van der Waals surface area contributed by atoms with Crippen LogP contribution in [0.25, 0.3) is 22.3 Å². The van der Waals surface area contributed by atoms with Crippen molar-refractivity contribution in [3.05, 3.63) is 71.8 Å². The number of nitriles is 1. The number of halogens is 3. The lowest BCUT2D eigenvalue weighted by Gasteiger charge is -2.39. The van der Waals surface area contributed by atoms with E-state index >= 15 is 4.39 Å². The van der Waals surface area contributed by atoms with E-state index in [1.165, 1.54) is 30.6 Å². The van der Waals surface area contributed by atoms with Crippen LogP contribution >= 0.6 is 0 Å². The van der Waals surface area contributed by atoms with Crippen LogP contribution in [-0.2, 0) is 9.53 Å². The molecule has 2 aliphatic rings. The molecular weight excluding hydrogens is 613 g/mol. The van der Waals surface area contributed by atoms with Gasteiger partial charge in [-0.15, -0.1) is 0 Å². The van der Waals surface area contributed by atoms with Crippen LogP contribution in [0.4, 0.5) is 19.0 Å². The molecule has 0 radical (unpaired) electrons. The maximum absolute atomic E-state index is 15.6. The van der Waals surface area contributed by atoms with Crippen LogP contribution in [0, 0.1) is 28.8 Å². The number of morpholine rings is 1. The van der Waals surface area contributed by atoms with E-state index in [1.54, 1.807) is 15.7 Å². The molecule has 11 nitrogen and oxygen atoms in total. The van der Waals surface area contributed by atoms with Crippen molar-refractivity contribution in [2.75, 3.05) is 45.1 Å². The van der Waals surface area contributed by atoms with E-state index < -0.39 is 23.0 Å². The summed E-state index contributed by atoms with van der Waals surface area (Å²) in [6, 6.07) is 9.06. The van der Waals surface area contributed by atoms with E-state index in [4.69, 9.17) is 20.3 Å². The molecule has 14 heteroatoms. The van der Waals surface area contributed by atoms with Crippen LogP contribution < -0.4 is 10.5 Å². The molecule has 4 heterocycles. The number of likely N-dealkylation sites (tertiary alicyclic amines) is 1. The summed E-state index contributed by atoms with van der Waals surface area (Å²) in [6.07, 6.45) is 4.29. The topological polar surface area (TPSA) is 135 Å². The second-order valence-electron chi connectivity index (χ2n) is 12.0. The summed E-state index contributed by atoms with van der Waals surface area (Å²) in [7, 11) is 0. The molecule has 0 saturated carbocycles. The largest absolute Gasteiger partial charge is 0.454 e. The van der Waals surface area contributed by atoms with Crippen molar-refractivity contribution in [1.29, 1.82) is 5.26 Å². The third-order valence-electron chi connectivity index (χ3n) is 8.56. The number of hydrogen-bond donors (Lipinski definition) is 1. The Balaban J connectivity index is 1.29. The fraction of sp³-hybridized carbons (Fsp3) is 0.364. The Labute approximate surface area is 269 Å². The minimum atomic E-state index is -1.19. The predicted molar refractivity (Wildman–Crippen MR) is 167 cm³/mol. The fourth-order valence-corrected chi connectivity index (χ4v) is 6.11. The summed E-state index contributed by atoms with van der Waals surface area (Å²) in [5.74, 6) is -3.76. The van der Waals surface area contributed by atoms with Gasteiger partial charge in [0.1, 0.15) is 41.0 Å². The molecule has 47 heavy (non-hydrogen) atoms. The Kier molecular flexibility index (Phi) is 8.85. The summed E-state index contributed by atoms with van der Waals surface area (Å²) in [6.45, 7) is 7.22. The number of carbonyl (C=O) groups excluding carboxylic acids is 1. The molecule has 0 aliphatic carbocycles. The number of fused-ring (bicyclic) bond motifs is 1. The van der Waals surface area contributed by atoms with Crippen molar-refractivity contribution in [1.82, 2.24) is 29.5 Å². The van der Waals surface area contributed by atoms with Crippen molar-refractivity contribution < 1.29 is 27.4 Å². The lowest BCUT2D eigenvalue weighted by atomic mass is 9.97. The van der Waals surface area contributed by atoms with Gasteiger partial charge in [-0.3, -0.25) is 9.69 Å². The first-order valence-corrected chi connectivity index (χ1v) is 15.2. The van der Waals surface area contributed by atoms with E-state index in [1.807, 2.05) is 13.8 Å². The van der Waals surface area contributed by atoms with E-state index in [0.29, 0.717) is 56.7 Å². The van der Waals surface area contributed by atoms with Gasteiger partial charge in [-0.25, -0.2) is 23.4 Å². The highest BCUT2D eigenvalue weighted by Crippen LogP contribution is 2.37. The maximum atomic E-state index is 15.6. The van der Waals surface area contributed by atoms with Gasteiger partial charge in [-0.1, -0.05) is 6.07 Å². The standard InChI is InChI=1S/C33H33F3N8O3/c1-33(2,43-11-13-46-14-12-43)16-20(17-37)32(45)42-10-4-5-21(18-42)44-31-27(30(38)39-19-40-31)29(41-44)23-9-8-22(15-25(23)35)47-26-7-3-6-24(34)28(26)36/h3,6-9,15-16,19,21H,4-5,10-14,18H2,1-2H3,(H2,38,39,40)/b20-16+/t21-/m1/s1. The number of benzene rings is 2. The van der Waals surface area contributed by atoms with Gasteiger partial charge in [0, 0.05) is 43.3 Å². The molecule has 2 aromatic carbocycles. The number of nitrogen functional groups attached to an aromatic ring is 1. The molecule has 2 aliphatic heterocycles. The molecule has 6 rings (SSSR count). The van der Waals surface area contributed by atoms with Gasteiger partial charge in [0.05, 0.1) is 24.6 Å². The number of piperidine rings is 1. The van der Waals surface area contributed by atoms with Gasteiger partial charge in [0.25, 0.3) is 5.91 Å². The molecule has 1 amide bonds. The molecule has 1 atom stereocenters. The summed E-state index contributed by atoms with van der Waals surface area (Å²) in [5, 5.41) is 15.0. The average molecular weight is 647 g/mol. The van der Waals surface area contributed by atoms with Crippen molar-refractivity contribution in [2.24, 2.45) is 0 Å². The number of carbonyl (C=O) groups is 1. The Morgan fingerprint density at radius 3 is 2.66 bits per heavy atom. The lowest BCUT2D eigenvalue weighted by Crippen LogP contribution is -2.49. The molecule has 2 aromatic heterocycles. The SMILES string of the molecule is CC(C)(/C=C(\C#N)C(=O)N1CCC[C@@H](n2nc(-c3ccc(Oc4cccc(F)c4F)cc3F)c3c(N)ncnc32)C1)N1CCOCC1. The minimum Gasteiger partial charge on any atom is -0.454 e. The number of amides is 1. The third kappa shape index (κ3) is 6.36. The van der Waals surface area contributed by atoms with E-state index in [2.05, 4.69) is 20.9 Å². The van der Waals surface area contributed by atoms with Gasteiger partial charge >= 0.3 is 0 Å². The summed E-state index contributed by atoms with van der Waals surface area (Å²) < 4.78 is 55.9. The van der Waals surface area contributed by atoms with Gasteiger partial charge < -0.3 is 20.1 Å². The fourth-order valence-electron chi connectivity index (χ4n) is 6.11. The number of rotatable bonds is 7. The Morgan fingerprint density at radius 1 is 1.13 bits per heavy atom. The number of nitrogens with zero attached hydrogens (tertiary/aromatic N) is 7. The Hall–Kier alpha value is -5.00. The van der Waals surface area contributed by atoms with Gasteiger partial charge in [0.15, 0.2) is 17.2 Å². The number of ether oxygens (including phenoxy) is 2. The maximum Gasteiger partial charge on any atom is 0.264 e. The van der Waals surface area contributed by atoms with Crippen molar-refractivity contribution in [3.63, 3.8) is 0 Å². The Bertz CT molecular complexity index is 1900. The molecule has 244 valence electrons. The van der Waals surface area contributed by atoms with Crippen LogP contribution in [0.3, 0.4) is 0 Å². The molecule has 0 spiro atoms. The van der Waals surface area contributed by atoms with Crippen molar-refractivity contribution in [3.8, 4) is 28.8 Å². The molecule has 0 bridgehead atoms. The van der Waals surface area contributed by atoms with Gasteiger partial charge in [0.2, 0.25) is 5.82 Å². The second-order valence-corrected chi connectivity index (χ2v) is 12.0. The lowest BCUT2D eigenvalue weighted by molar-refractivity contribution is -0.128. The minimum absolute atomic E-state index is 0.0525. The first kappa shape index (κ1) is 32.0. The zero-order chi connectivity index (χ0) is 33.3. The Morgan fingerprint density at radius 2 is 1.91 bits per heavy atom. The van der Waals surface area contributed by atoms with E-state index in [9.17, 15) is 18.8 Å². The highest BCUT2D eigenvalue weighted by atomic mass is 19.2. The van der Waals surface area contributed by atoms with Crippen LogP contribution in [-0.4, -0.2) is 80.4 Å². The number of hydrogen-bond acceptors (Lipinski definition) is 9. The quantitative estimate of drug-likeness (QED) is 0.217. The smallest absolute Gasteiger partial charge is 0.264 e. The van der Waals surface area contributed by atoms with Crippen molar-refractivity contribution >= 4 is 22.8 Å². The van der Waals surface area contributed by atoms with E-state index in [-0.39, 0.29) is 52.6 Å². The molecular formula is C33H33F3N8O3. The van der Waals surface area contributed by atoms with Gasteiger partial charge in [-0.05, 0) is 57.0 Å². The number of aromatic nitrogens is 4. The molecule has 2 fully saturated rings. The van der Waals surface area contributed by atoms with Crippen LogP contribution in [0.2, 0.25) is 0 Å². The second kappa shape index (κ2) is 13.0. The highest BCUT2D eigenvalue weighted by Gasteiger charge is 2.33. The summed E-state index contributed by atoms with van der Waals surface area (Å²) in [5.41, 5.74) is 6.38. The first-order chi connectivity index (χ1) is 22.6. The van der Waals surface area contributed by atoms with Crippen LogP contribution in [0.15, 0.2) is 54.4 Å². The van der Waals surface area contributed by atoms with Crippen molar-refractivity contribution in [2.45, 2.75) is 38.3 Å². The van der Waals surface area contributed by atoms with Crippen LogP contribution in [0.5, 0.6) is 11.5 Å². The highest BCUT2D eigenvalue weighted by molar-refractivity contribution is 5.99. The zero-order valence-electron chi connectivity index (χ0n) is 25.9. The predicted octanol–water partition coefficient (Wildman–Crippen LogP) is 5.01. The monoisotopic (exact) mass is 646 g/mol. The molecule has 4 aromatic rings. The normalized spacial score (nSPS) is 17.9. The summed E-state index contributed by atoms with van der Waals surface area (Å²) in [4.78, 5) is 26.0. The third-order valence-corrected chi connectivity index (χ3v) is 8.56. The molecule has 0 unspecified atom stereocenters.